The highest BCUT2D eigenvalue weighted by Gasteiger charge is 2.33. The van der Waals surface area contributed by atoms with Crippen LogP contribution in [0.5, 0.6) is 0 Å². The first-order valence-corrected chi connectivity index (χ1v) is 3.57. The summed E-state index contributed by atoms with van der Waals surface area (Å²) in [6.45, 7) is 0. The molecule has 2 nitrogen and oxygen atoms in total. The van der Waals surface area contributed by atoms with E-state index in [0.717, 1.165) is 10.5 Å². The maximum absolute atomic E-state index is 12.3. The van der Waals surface area contributed by atoms with E-state index in [1.165, 1.54) is 24.7 Å². The Kier molecular flexibility index (Phi) is 1.55. The van der Waals surface area contributed by atoms with Crippen molar-refractivity contribution < 1.29 is 13.2 Å². The molecule has 0 aromatic carbocycles. The Morgan fingerprint density at radius 3 is 2.69 bits per heavy atom. The largest absolute Gasteiger partial charge is 0.431 e. The number of alkyl halides is 3. The van der Waals surface area contributed by atoms with Crippen LogP contribution >= 0.6 is 0 Å². The van der Waals surface area contributed by atoms with Crippen LogP contribution in [-0.4, -0.2) is 9.38 Å². The van der Waals surface area contributed by atoms with Crippen molar-refractivity contribution in [2.75, 3.05) is 0 Å². The van der Waals surface area contributed by atoms with Gasteiger partial charge in [-0.3, -0.25) is 4.98 Å². The fourth-order valence-corrected chi connectivity index (χ4v) is 1.19. The van der Waals surface area contributed by atoms with Gasteiger partial charge in [-0.15, -0.1) is 0 Å². The van der Waals surface area contributed by atoms with Crippen LogP contribution in [0, 0.1) is 0 Å². The second kappa shape index (κ2) is 2.48. The first kappa shape index (κ1) is 8.10. The molecule has 0 fully saturated rings. The second-order valence-electron chi connectivity index (χ2n) is 2.59. The number of aromatic nitrogens is 2. The van der Waals surface area contributed by atoms with E-state index in [1.807, 2.05) is 0 Å². The molecule has 0 radical (unpaired) electrons. The summed E-state index contributed by atoms with van der Waals surface area (Å²) in [5.74, 6) is 0. The lowest BCUT2D eigenvalue weighted by molar-refractivity contribution is -0.141. The van der Waals surface area contributed by atoms with Gasteiger partial charge in [0.2, 0.25) is 0 Å². The number of rotatable bonds is 0. The lowest BCUT2D eigenvalue weighted by Crippen LogP contribution is -2.08. The third-order valence-electron chi connectivity index (χ3n) is 1.75. The van der Waals surface area contributed by atoms with Gasteiger partial charge in [0.15, 0.2) is 0 Å². The Bertz CT molecular complexity index is 430. The van der Waals surface area contributed by atoms with Gasteiger partial charge in [-0.05, 0) is 12.1 Å². The van der Waals surface area contributed by atoms with Gasteiger partial charge in [0, 0.05) is 12.4 Å². The standard InChI is InChI=1S/C8H5F3N2/c9-8(10,11)7-2-1-6-5-12-3-4-13(6)7/h1-5H. The van der Waals surface area contributed by atoms with Gasteiger partial charge in [0.25, 0.3) is 0 Å². The predicted molar refractivity (Wildman–Crippen MR) is 40.2 cm³/mol. The van der Waals surface area contributed by atoms with Gasteiger partial charge < -0.3 is 4.40 Å². The highest BCUT2D eigenvalue weighted by atomic mass is 19.4. The topological polar surface area (TPSA) is 17.3 Å². The molecule has 0 saturated carbocycles. The zero-order valence-electron chi connectivity index (χ0n) is 6.42. The van der Waals surface area contributed by atoms with Gasteiger partial charge in [-0.25, -0.2) is 0 Å². The van der Waals surface area contributed by atoms with E-state index in [4.69, 9.17) is 0 Å². The molecule has 2 aromatic heterocycles. The SMILES string of the molecule is FC(F)(F)c1ccc2cnccn12. The highest BCUT2D eigenvalue weighted by Crippen LogP contribution is 2.30. The van der Waals surface area contributed by atoms with Crippen molar-refractivity contribution in [1.29, 1.82) is 0 Å². The van der Waals surface area contributed by atoms with Crippen LogP contribution in [0.2, 0.25) is 0 Å². The van der Waals surface area contributed by atoms with E-state index in [-0.39, 0.29) is 0 Å². The molecule has 68 valence electrons. The van der Waals surface area contributed by atoms with Crippen LogP contribution < -0.4 is 0 Å². The van der Waals surface area contributed by atoms with Gasteiger partial charge in [-0.1, -0.05) is 0 Å². The zero-order valence-corrected chi connectivity index (χ0v) is 6.42. The van der Waals surface area contributed by atoms with Crippen LogP contribution in [-0.2, 0) is 6.18 Å². The average molecular weight is 186 g/mol. The Hall–Kier alpha value is -1.52. The van der Waals surface area contributed by atoms with Crippen molar-refractivity contribution in [2.45, 2.75) is 6.18 Å². The number of hydrogen-bond acceptors (Lipinski definition) is 1. The lowest BCUT2D eigenvalue weighted by Gasteiger charge is -2.05. The smallest absolute Gasteiger partial charge is 0.310 e. The van der Waals surface area contributed by atoms with E-state index in [1.54, 1.807) is 0 Å². The summed E-state index contributed by atoms with van der Waals surface area (Å²) in [6, 6.07) is 2.42. The molecule has 5 heteroatoms. The summed E-state index contributed by atoms with van der Waals surface area (Å²) >= 11 is 0. The van der Waals surface area contributed by atoms with Crippen molar-refractivity contribution in [3.63, 3.8) is 0 Å². The molecule has 2 aromatic rings. The third-order valence-corrected chi connectivity index (χ3v) is 1.75. The Morgan fingerprint density at radius 2 is 2.00 bits per heavy atom. The van der Waals surface area contributed by atoms with E-state index in [2.05, 4.69) is 4.98 Å². The van der Waals surface area contributed by atoms with Crippen molar-refractivity contribution in [3.05, 3.63) is 36.4 Å². The van der Waals surface area contributed by atoms with Gasteiger partial charge in [0.1, 0.15) is 5.69 Å². The molecule has 0 N–H and O–H groups in total. The fraction of sp³-hybridized carbons (Fsp3) is 0.125. The molecule has 0 aliphatic heterocycles. The molecule has 0 bridgehead atoms. The van der Waals surface area contributed by atoms with Gasteiger partial charge >= 0.3 is 6.18 Å². The van der Waals surface area contributed by atoms with E-state index in [9.17, 15) is 13.2 Å². The summed E-state index contributed by atoms with van der Waals surface area (Å²) < 4.78 is 38.0. The molecular weight excluding hydrogens is 181 g/mol. The molecule has 0 saturated heterocycles. The number of nitrogens with zero attached hydrogens (tertiary/aromatic N) is 2. The molecule has 0 aliphatic carbocycles. The molecular formula is C8H5F3N2. The average Bonchev–Trinajstić information content (AvgIpc) is 2.45. The maximum Gasteiger partial charge on any atom is 0.431 e. The van der Waals surface area contributed by atoms with Crippen LogP contribution in [0.15, 0.2) is 30.7 Å². The van der Waals surface area contributed by atoms with E-state index >= 15 is 0 Å². The Labute approximate surface area is 71.6 Å². The molecule has 2 heterocycles. The molecule has 2 rings (SSSR count). The molecule has 0 unspecified atom stereocenters. The molecule has 13 heavy (non-hydrogen) atoms. The number of halogens is 3. The predicted octanol–water partition coefficient (Wildman–Crippen LogP) is 2.35. The minimum absolute atomic E-state index is 0.440. The molecule has 0 atom stereocenters. The minimum Gasteiger partial charge on any atom is -0.310 e. The quantitative estimate of drug-likeness (QED) is 0.617. The first-order chi connectivity index (χ1) is 6.09. The first-order valence-electron chi connectivity index (χ1n) is 3.57. The maximum atomic E-state index is 12.3. The van der Waals surface area contributed by atoms with E-state index < -0.39 is 11.9 Å². The van der Waals surface area contributed by atoms with Crippen LogP contribution in [0.25, 0.3) is 5.52 Å². The monoisotopic (exact) mass is 186 g/mol. The molecule has 0 aliphatic rings. The van der Waals surface area contributed by atoms with Crippen molar-refractivity contribution in [1.82, 2.24) is 9.38 Å². The van der Waals surface area contributed by atoms with Gasteiger partial charge in [-0.2, -0.15) is 13.2 Å². The Morgan fingerprint density at radius 1 is 1.23 bits per heavy atom. The summed E-state index contributed by atoms with van der Waals surface area (Å²) in [4.78, 5) is 3.72. The van der Waals surface area contributed by atoms with Crippen LogP contribution in [0.4, 0.5) is 13.2 Å². The minimum atomic E-state index is -4.31. The van der Waals surface area contributed by atoms with E-state index in [0.29, 0.717) is 5.52 Å². The van der Waals surface area contributed by atoms with Crippen molar-refractivity contribution in [3.8, 4) is 0 Å². The third kappa shape index (κ3) is 1.26. The Balaban J connectivity index is 2.72. The normalized spacial score (nSPS) is 12.2. The van der Waals surface area contributed by atoms with Gasteiger partial charge in [0.05, 0.1) is 11.7 Å². The molecule has 0 spiro atoms. The summed E-state index contributed by atoms with van der Waals surface area (Å²) in [5.41, 5.74) is -0.236. The van der Waals surface area contributed by atoms with Crippen molar-refractivity contribution >= 4 is 5.52 Å². The molecule has 0 amide bonds. The lowest BCUT2D eigenvalue weighted by atomic mass is 10.4. The van der Waals surface area contributed by atoms with Crippen LogP contribution in [0.3, 0.4) is 0 Å². The summed E-state index contributed by atoms with van der Waals surface area (Å²) in [6.07, 6.45) is -0.316. The summed E-state index contributed by atoms with van der Waals surface area (Å²) in [7, 11) is 0. The zero-order chi connectivity index (χ0) is 9.47. The second-order valence-corrected chi connectivity index (χ2v) is 2.59. The summed E-state index contributed by atoms with van der Waals surface area (Å²) in [5, 5.41) is 0. The fourth-order valence-electron chi connectivity index (χ4n) is 1.19. The van der Waals surface area contributed by atoms with Crippen LogP contribution in [0.1, 0.15) is 5.69 Å². The number of hydrogen-bond donors (Lipinski definition) is 0. The number of fused-ring (bicyclic) bond motifs is 1. The van der Waals surface area contributed by atoms with Crippen molar-refractivity contribution in [2.24, 2.45) is 0 Å². The highest BCUT2D eigenvalue weighted by molar-refractivity contribution is 5.47.